The Balaban J connectivity index is 1.32. The first-order valence-electron chi connectivity index (χ1n) is 12.0. The van der Waals surface area contributed by atoms with Crippen LogP contribution in [0.4, 0.5) is 36.8 Å². The first-order chi connectivity index (χ1) is 18.4. The van der Waals surface area contributed by atoms with Gasteiger partial charge in [0.2, 0.25) is 17.8 Å². The minimum Gasteiger partial charge on any atom is -0.378 e. The van der Waals surface area contributed by atoms with E-state index in [1.165, 1.54) is 12.1 Å². The van der Waals surface area contributed by atoms with E-state index in [2.05, 4.69) is 45.8 Å². The van der Waals surface area contributed by atoms with Crippen molar-refractivity contribution in [2.24, 2.45) is 0 Å². The maximum atomic E-state index is 13.9. The van der Waals surface area contributed by atoms with Gasteiger partial charge in [0.15, 0.2) is 11.6 Å². The number of aromatic nitrogens is 7. The topological polar surface area (TPSA) is 130 Å². The van der Waals surface area contributed by atoms with Gasteiger partial charge in [-0.1, -0.05) is 6.07 Å². The molecule has 1 saturated heterocycles. The van der Waals surface area contributed by atoms with E-state index in [9.17, 15) is 13.2 Å². The van der Waals surface area contributed by atoms with Crippen molar-refractivity contribution < 1.29 is 17.9 Å². The third kappa shape index (κ3) is 6.32. The smallest absolute Gasteiger partial charge is 0.235 e. The average Bonchev–Trinajstić information content (AvgIpc) is 3.36. The van der Waals surface area contributed by atoms with E-state index in [-0.39, 0.29) is 11.9 Å². The zero-order valence-electron chi connectivity index (χ0n) is 20.5. The minimum absolute atomic E-state index is 0.249. The van der Waals surface area contributed by atoms with Crippen molar-refractivity contribution in [3.8, 4) is 0 Å². The van der Waals surface area contributed by atoms with Crippen molar-refractivity contribution in [1.82, 2.24) is 35.1 Å². The predicted octanol–water partition coefficient (Wildman–Crippen LogP) is 3.34. The van der Waals surface area contributed by atoms with Crippen LogP contribution >= 0.6 is 0 Å². The molecular formula is C24H25F3N10O. The molecule has 1 aliphatic heterocycles. The van der Waals surface area contributed by atoms with Crippen LogP contribution < -0.4 is 15.5 Å². The lowest BCUT2D eigenvalue weighted by atomic mass is 10.1. The highest BCUT2D eigenvalue weighted by molar-refractivity contribution is 5.53. The lowest BCUT2D eigenvalue weighted by Crippen LogP contribution is -2.37. The molecule has 14 heteroatoms. The van der Waals surface area contributed by atoms with Crippen LogP contribution in [0.25, 0.3) is 0 Å². The number of rotatable bonds is 9. The van der Waals surface area contributed by atoms with E-state index in [1.54, 1.807) is 6.07 Å². The monoisotopic (exact) mass is 526 g/mol. The minimum atomic E-state index is -0.610. The highest BCUT2D eigenvalue weighted by atomic mass is 19.1. The molecule has 0 aliphatic carbocycles. The molecule has 0 amide bonds. The standard InChI is InChI=1S/C24H25F3N10O/c1-14(21-28-12-17(26)13-29-21)30-22-32-23(34-24(33-22)37-6-8-38-9-7-37)31-20-11-18(35-36-20)5-3-15-2-4-16(25)10-19(15)27/h2,4,10-14H,3,5-9H2,1H3,(H3,30,31,32,33,34,35,36)/t14-/m0/s1. The summed E-state index contributed by atoms with van der Waals surface area (Å²) in [5, 5.41) is 13.4. The lowest BCUT2D eigenvalue weighted by molar-refractivity contribution is 0.122. The number of halogens is 3. The third-order valence-corrected chi connectivity index (χ3v) is 5.84. The summed E-state index contributed by atoms with van der Waals surface area (Å²) in [5.41, 5.74) is 1.16. The van der Waals surface area contributed by atoms with E-state index in [0.717, 1.165) is 24.2 Å². The molecule has 0 bridgehead atoms. The fourth-order valence-electron chi connectivity index (χ4n) is 3.86. The largest absolute Gasteiger partial charge is 0.378 e. The van der Waals surface area contributed by atoms with Crippen molar-refractivity contribution in [3.05, 3.63) is 71.2 Å². The van der Waals surface area contributed by atoms with Crippen LogP contribution in [0.3, 0.4) is 0 Å². The second kappa shape index (κ2) is 11.4. The van der Waals surface area contributed by atoms with Crippen molar-refractivity contribution in [1.29, 1.82) is 0 Å². The second-order valence-electron chi connectivity index (χ2n) is 8.65. The Bertz CT molecular complexity index is 1380. The molecule has 0 unspecified atom stereocenters. The Morgan fingerprint density at radius 3 is 2.50 bits per heavy atom. The number of hydrogen-bond acceptors (Lipinski definition) is 10. The van der Waals surface area contributed by atoms with Crippen molar-refractivity contribution in [2.45, 2.75) is 25.8 Å². The molecular weight excluding hydrogens is 501 g/mol. The average molecular weight is 527 g/mol. The number of aromatic amines is 1. The molecule has 1 aromatic carbocycles. The first-order valence-corrected chi connectivity index (χ1v) is 12.0. The summed E-state index contributed by atoms with van der Waals surface area (Å²) >= 11 is 0. The highest BCUT2D eigenvalue weighted by Crippen LogP contribution is 2.21. The molecule has 4 aromatic rings. The summed E-state index contributed by atoms with van der Waals surface area (Å²) < 4.78 is 45.8. The SMILES string of the molecule is C[C@H](Nc1nc(Nc2cc(CCc3ccc(F)cc3F)[nH]n2)nc(N2CCOCC2)n1)c1ncc(F)cn1. The van der Waals surface area contributed by atoms with Gasteiger partial charge in [-0.05, 0) is 31.4 Å². The van der Waals surface area contributed by atoms with Crippen LogP contribution in [0.2, 0.25) is 0 Å². The molecule has 11 nitrogen and oxygen atoms in total. The van der Waals surface area contributed by atoms with Crippen LogP contribution in [0.5, 0.6) is 0 Å². The second-order valence-corrected chi connectivity index (χ2v) is 8.65. The fraction of sp³-hybridized carbons (Fsp3) is 0.333. The van der Waals surface area contributed by atoms with Crippen LogP contribution in [0.15, 0.2) is 36.7 Å². The molecule has 1 fully saturated rings. The Kier molecular flexibility index (Phi) is 7.58. The number of nitrogens with one attached hydrogen (secondary N) is 3. The number of hydrogen-bond donors (Lipinski definition) is 3. The van der Waals surface area contributed by atoms with Crippen molar-refractivity contribution in [3.63, 3.8) is 0 Å². The number of ether oxygens (including phenoxy) is 1. The number of anilines is 4. The van der Waals surface area contributed by atoms with Gasteiger partial charge in [0.1, 0.15) is 17.5 Å². The lowest BCUT2D eigenvalue weighted by Gasteiger charge is -2.27. The van der Waals surface area contributed by atoms with E-state index < -0.39 is 23.5 Å². The maximum Gasteiger partial charge on any atom is 0.235 e. The number of aryl methyl sites for hydroxylation is 2. The quantitative estimate of drug-likeness (QED) is 0.299. The van der Waals surface area contributed by atoms with Gasteiger partial charge in [-0.3, -0.25) is 5.10 Å². The molecule has 0 spiro atoms. The highest BCUT2D eigenvalue weighted by Gasteiger charge is 2.19. The zero-order chi connectivity index (χ0) is 26.5. The predicted molar refractivity (Wildman–Crippen MR) is 133 cm³/mol. The van der Waals surface area contributed by atoms with E-state index in [4.69, 9.17) is 4.74 Å². The molecule has 4 heterocycles. The van der Waals surface area contributed by atoms with Crippen molar-refractivity contribution in [2.75, 3.05) is 41.8 Å². The first kappa shape index (κ1) is 25.3. The zero-order valence-corrected chi connectivity index (χ0v) is 20.5. The van der Waals surface area contributed by atoms with Gasteiger partial charge in [0.05, 0.1) is 31.6 Å². The normalized spacial score (nSPS) is 14.4. The van der Waals surface area contributed by atoms with Gasteiger partial charge in [-0.2, -0.15) is 20.1 Å². The fourth-order valence-corrected chi connectivity index (χ4v) is 3.86. The summed E-state index contributed by atoms with van der Waals surface area (Å²) in [6.45, 7) is 4.14. The Labute approximate surface area is 215 Å². The molecule has 3 N–H and O–H groups in total. The van der Waals surface area contributed by atoms with Crippen LogP contribution in [-0.2, 0) is 17.6 Å². The van der Waals surface area contributed by atoms with Gasteiger partial charge in [0, 0.05) is 30.9 Å². The van der Waals surface area contributed by atoms with E-state index in [1.807, 2.05) is 11.8 Å². The number of benzene rings is 1. The van der Waals surface area contributed by atoms with Crippen molar-refractivity contribution >= 4 is 23.7 Å². The summed E-state index contributed by atoms with van der Waals surface area (Å²) in [6, 6.07) is 4.90. The summed E-state index contributed by atoms with van der Waals surface area (Å²) in [6.07, 6.45) is 3.03. The molecule has 0 radical (unpaired) electrons. The molecule has 0 saturated carbocycles. The van der Waals surface area contributed by atoms with Crippen LogP contribution in [0.1, 0.15) is 30.0 Å². The Morgan fingerprint density at radius 1 is 0.974 bits per heavy atom. The molecule has 5 rings (SSSR count). The molecule has 3 aromatic heterocycles. The Morgan fingerprint density at radius 2 is 1.74 bits per heavy atom. The van der Waals surface area contributed by atoms with Gasteiger partial charge in [0.25, 0.3) is 0 Å². The van der Waals surface area contributed by atoms with Crippen LogP contribution in [0, 0.1) is 17.5 Å². The summed E-state index contributed by atoms with van der Waals surface area (Å²) in [5.74, 6) is 0.0890. The third-order valence-electron chi connectivity index (χ3n) is 5.84. The van der Waals surface area contributed by atoms with Gasteiger partial charge in [-0.15, -0.1) is 0 Å². The number of H-pyrrole nitrogens is 1. The molecule has 198 valence electrons. The van der Waals surface area contributed by atoms with E-state index in [0.29, 0.717) is 62.3 Å². The Hall–Kier alpha value is -4.33. The van der Waals surface area contributed by atoms with Crippen LogP contribution in [-0.4, -0.2) is 61.4 Å². The summed E-state index contributed by atoms with van der Waals surface area (Å²) in [7, 11) is 0. The van der Waals surface area contributed by atoms with Gasteiger partial charge < -0.3 is 20.3 Å². The molecule has 1 aliphatic rings. The number of nitrogens with zero attached hydrogens (tertiary/aromatic N) is 7. The van der Waals surface area contributed by atoms with E-state index >= 15 is 0 Å². The van der Waals surface area contributed by atoms with Gasteiger partial charge in [-0.25, -0.2) is 23.1 Å². The molecule has 1 atom stereocenters. The maximum absolute atomic E-state index is 13.9. The van der Waals surface area contributed by atoms with Gasteiger partial charge >= 0.3 is 0 Å². The molecule has 38 heavy (non-hydrogen) atoms. The number of morpholine rings is 1. The summed E-state index contributed by atoms with van der Waals surface area (Å²) in [4.78, 5) is 23.5.